The summed E-state index contributed by atoms with van der Waals surface area (Å²) >= 11 is 3.03. The van der Waals surface area contributed by atoms with Gasteiger partial charge >= 0.3 is 5.82 Å². The lowest BCUT2D eigenvalue weighted by atomic mass is 10.1. The maximum atomic E-state index is 11.8. The van der Waals surface area contributed by atoms with E-state index in [2.05, 4.69) is 26.3 Å². The molecular formula is C10H13BrN4O4. The number of halogens is 1. The minimum atomic E-state index is -0.600. The number of hydrogen-bond donors (Lipinski definition) is 1. The van der Waals surface area contributed by atoms with E-state index in [4.69, 9.17) is 4.74 Å². The van der Waals surface area contributed by atoms with Gasteiger partial charge < -0.3 is 20.2 Å². The van der Waals surface area contributed by atoms with Crippen LogP contribution in [0.1, 0.15) is 12.8 Å². The van der Waals surface area contributed by atoms with Crippen LogP contribution in [0.15, 0.2) is 10.7 Å². The highest BCUT2D eigenvalue weighted by molar-refractivity contribution is 9.10. The minimum absolute atomic E-state index is 0.0379. The van der Waals surface area contributed by atoms with Crippen LogP contribution in [-0.2, 0) is 16.1 Å². The Labute approximate surface area is 117 Å². The lowest BCUT2D eigenvalue weighted by Gasteiger charge is -2.22. The highest BCUT2D eigenvalue weighted by Crippen LogP contribution is 2.21. The van der Waals surface area contributed by atoms with Crippen LogP contribution in [0.3, 0.4) is 0 Å². The van der Waals surface area contributed by atoms with Gasteiger partial charge in [0, 0.05) is 19.3 Å². The molecule has 2 rings (SSSR count). The number of aromatic nitrogens is 2. The van der Waals surface area contributed by atoms with Crippen molar-refractivity contribution in [2.45, 2.75) is 25.4 Å². The molecule has 0 spiro atoms. The number of carbonyl (C=O) groups is 1. The molecule has 1 fully saturated rings. The summed E-state index contributed by atoms with van der Waals surface area (Å²) in [6.45, 7) is 1.25. The van der Waals surface area contributed by atoms with Crippen molar-refractivity contribution in [2.75, 3.05) is 13.2 Å². The van der Waals surface area contributed by atoms with Crippen LogP contribution in [-0.4, -0.2) is 39.9 Å². The summed E-state index contributed by atoms with van der Waals surface area (Å²) in [5.74, 6) is -0.504. The van der Waals surface area contributed by atoms with Crippen molar-refractivity contribution in [3.05, 3.63) is 20.8 Å². The molecule has 1 aromatic heterocycles. The largest absolute Gasteiger partial charge is 0.404 e. The zero-order valence-corrected chi connectivity index (χ0v) is 11.6. The maximum Gasteiger partial charge on any atom is 0.404 e. The Morgan fingerprint density at radius 3 is 2.89 bits per heavy atom. The monoisotopic (exact) mass is 332 g/mol. The number of nitrogens with one attached hydrogen (secondary N) is 1. The van der Waals surface area contributed by atoms with E-state index in [1.165, 1.54) is 10.9 Å². The fourth-order valence-corrected chi connectivity index (χ4v) is 2.31. The van der Waals surface area contributed by atoms with Crippen LogP contribution >= 0.6 is 15.9 Å². The zero-order valence-electron chi connectivity index (χ0n) is 10.0. The van der Waals surface area contributed by atoms with Crippen molar-refractivity contribution in [3.8, 4) is 0 Å². The Bertz CT molecular complexity index is 484. The number of carbonyl (C=O) groups excluding carboxylic acids is 1. The standard InChI is InChI=1S/C10H13BrN4O4/c11-8-5-14(13-10(8)15(17)18)6-9(16)12-7-1-3-19-4-2-7/h5,7H,1-4,6H2,(H,12,16). The summed E-state index contributed by atoms with van der Waals surface area (Å²) in [6, 6.07) is 0.107. The summed E-state index contributed by atoms with van der Waals surface area (Å²) in [6.07, 6.45) is 2.99. The molecule has 104 valence electrons. The number of nitrogens with zero attached hydrogens (tertiary/aromatic N) is 3. The van der Waals surface area contributed by atoms with Gasteiger partial charge in [-0.05, 0) is 33.7 Å². The van der Waals surface area contributed by atoms with Gasteiger partial charge in [-0.3, -0.25) is 4.79 Å². The SMILES string of the molecule is O=C(Cn1cc(Br)c([N+](=O)[O-])n1)NC1CCOCC1. The van der Waals surface area contributed by atoms with Crippen molar-refractivity contribution in [3.63, 3.8) is 0 Å². The first-order chi connectivity index (χ1) is 9.06. The highest BCUT2D eigenvalue weighted by atomic mass is 79.9. The molecule has 2 heterocycles. The van der Waals surface area contributed by atoms with Crippen molar-refractivity contribution in [1.82, 2.24) is 15.1 Å². The Kier molecular flexibility index (Phi) is 4.48. The van der Waals surface area contributed by atoms with E-state index < -0.39 is 4.92 Å². The third-order valence-corrected chi connectivity index (χ3v) is 3.32. The lowest BCUT2D eigenvalue weighted by molar-refractivity contribution is -0.390. The first kappa shape index (κ1) is 13.9. The molecule has 1 aromatic rings. The van der Waals surface area contributed by atoms with Gasteiger partial charge in [-0.1, -0.05) is 0 Å². The molecule has 0 aliphatic carbocycles. The third kappa shape index (κ3) is 3.74. The van der Waals surface area contributed by atoms with E-state index in [9.17, 15) is 14.9 Å². The first-order valence-electron chi connectivity index (χ1n) is 5.80. The van der Waals surface area contributed by atoms with Crippen LogP contribution in [0.5, 0.6) is 0 Å². The van der Waals surface area contributed by atoms with Gasteiger partial charge in [-0.25, -0.2) is 0 Å². The molecule has 9 heteroatoms. The molecule has 1 aliphatic heterocycles. The Balaban J connectivity index is 1.91. The van der Waals surface area contributed by atoms with Crippen LogP contribution < -0.4 is 5.32 Å². The molecule has 1 N–H and O–H groups in total. The summed E-state index contributed by atoms with van der Waals surface area (Å²) in [5.41, 5.74) is 0. The second kappa shape index (κ2) is 6.11. The molecule has 0 aromatic carbocycles. The number of hydrogen-bond acceptors (Lipinski definition) is 5. The predicted octanol–water partition coefficient (Wildman–Crippen LogP) is 0.849. The molecule has 0 atom stereocenters. The summed E-state index contributed by atoms with van der Waals surface area (Å²) < 4.78 is 6.70. The average Bonchev–Trinajstić information content (AvgIpc) is 2.71. The molecular weight excluding hydrogens is 320 g/mol. The van der Waals surface area contributed by atoms with E-state index in [0.717, 1.165) is 12.8 Å². The number of ether oxygens (including phenoxy) is 1. The topological polar surface area (TPSA) is 99.3 Å². The van der Waals surface area contributed by atoms with E-state index in [1.807, 2.05) is 0 Å². The van der Waals surface area contributed by atoms with Gasteiger partial charge in [-0.15, -0.1) is 0 Å². The molecule has 1 saturated heterocycles. The number of amides is 1. The van der Waals surface area contributed by atoms with Crippen LogP contribution in [0.25, 0.3) is 0 Å². The molecule has 0 unspecified atom stereocenters. The Morgan fingerprint density at radius 2 is 2.32 bits per heavy atom. The molecule has 0 radical (unpaired) electrons. The molecule has 1 amide bonds. The molecule has 0 saturated carbocycles. The van der Waals surface area contributed by atoms with Gasteiger partial charge in [-0.2, -0.15) is 4.68 Å². The van der Waals surface area contributed by atoms with E-state index >= 15 is 0 Å². The van der Waals surface area contributed by atoms with Crippen LogP contribution in [0, 0.1) is 10.1 Å². The summed E-state index contributed by atoms with van der Waals surface area (Å²) in [7, 11) is 0. The van der Waals surface area contributed by atoms with Crippen LogP contribution in [0.4, 0.5) is 5.82 Å². The van der Waals surface area contributed by atoms with Gasteiger partial charge in [0.2, 0.25) is 5.91 Å². The van der Waals surface area contributed by atoms with Crippen molar-refractivity contribution in [2.24, 2.45) is 0 Å². The third-order valence-electron chi connectivity index (χ3n) is 2.76. The maximum absolute atomic E-state index is 11.8. The smallest absolute Gasteiger partial charge is 0.381 e. The highest BCUT2D eigenvalue weighted by Gasteiger charge is 2.21. The van der Waals surface area contributed by atoms with Crippen LogP contribution in [0.2, 0.25) is 0 Å². The molecule has 1 aliphatic rings. The van der Waals surface area contributed by atoms with Crippen molar-refractivity contribution < 1.29 is 14.5 Å². The predicted molar refractivity (Wildman–Crippen MR) is 68.6 cm³/mol. The van der Waals surface area contributed by atoms with Gasteiger partial charge in [0.15, 0.2) is 0 Å². The number of nitro groups is 1. The molecule has 19 heavy (non-hydrogen) atoms. The Morgan fingerprint density at radius 1 is 1.63 bits per heavy atom. The van der Waals surface area contributed by atoms with Gasteiger partial charge in [0.1, 0.15) is 11.0 Å². The zero-order chi connectivity index (χ0) is 13.8. The van der Waals surface area contributed by atoms with Crippen molar-refractivity contribution in [1.29, 1.82) is 0 Å². The second-order valence-corrected chi connectivity index (χ2v) is 5.06. The van der Waals surface area contributed by atoms with E-state index in [1.54, 1.807) is 0 Å². The fraction of sp³-hybridized carbons (Fsp3) is 0.600. The second-order valence-electron chi connectivity index (χ2n) is 4.21. The number of rotatable bonds is 4. The van der Waals surface area contributed by atoms with E-state index in [-0.39, 0.29) is 28.8 Å². The van der Waals surface area contributed by atoms with E-state index in [0.29, 0.717) is 13.2 Å². The summed E-state index contributed by atoms with van der Waals surface area (Å²) in [5, 5.41) is 17.2. The normalized spacial score (nSPS) is 16.3. The first-order valence-corrected chi connectivity index (χ1v) is 6.60. The quantitative estimate of drug-likeness (QED) is 0.650. The van der Waals surface area contributed by atoms with Gasteiger partial charge in [0.25, 0.3) is 0 Å². The minimum Gasteiger partial charge on any atom is -0.381 e. The fourth-order valence-electron chi connectivity index (χ4n) is 1.85. The molecule has 8 nitrogen and oxygen atoms in total. The lowest BCUT2D eigenvalue weighted by Crippen LogP contribution is -2.40. The summed E-state index contributed by atoms with van der Waals surface area (Å²) in [4.78, 5) is 21.8. The van der Waals surface area contributed by atoms with Gasteiger partial charge in [0.05, 0.1) is 11.3 Å². The Hall–Kier alpha value is -1.48. The average molecular weight is 333 g/mol. The molecule has 0 bridgehead atoms. The van der Waals surface area contributed by atoms with Crippen molar-refractivity contribution >= 4 is 27.7 Å².